The number of hydrogen-bond acceptors (Lipinski definition) is 2. The first-order chi connectivity index (χ1) is 7.78. The minimum Gasteiger partial charge on any atom is -0.481 e. The van der Waals surface area contributed by atoms with Crippen LogP contribution in [-0.4, -0.2) is 21.3 Å². The number of benzene rings is 1. The van der Waals surface area contributed by atoms with E-state index in [2.05, 4.69) is 4.99 Å². The van der Waals surface area contributed by atoms with Gasteiger partial charge in [-0.25, -0.2) is 4.99 Å². The lowest BCUT2D eigenvalue weighted by atomic mass is 10.2. The standard InChI is InChI=1S/C10H8Cl5NO/c1-17-8(7-5-3-2-4-6-7)16-10(14,15)9(11,12)13/h2-6H,1H3. The molecule has 0 spiro atoms. The van der Waals surface area contributed by atoms with Crippen LogP contribution in [0, 0.1) is 0 Å². The lowest BCUT2D eigenvalue weighted by molar-refractivity contribution is 0.400. The van der Waals surface area contributed by atoms with Gasteiger partial charge < -0.3 is 4.74 Å². The molecule has 0 aliphatic heterocycles. The molecule has 0 atom stereocenters. The molecule has 2 nitrogen and oxygen atoms in total. The molecule has 0 aliphatic carbocycles. The Morgan fingerprint density at radius 1 is 1.06 bits per heavy atom. The zero-order valence-corrected chi connectivity index (χ0v) is 12.4. The molecule has 0 amide bonds. The first-order valence-electron chi connectivity index (χ1n) is 4.42. The second kappa shape index (κ2) is 5.85. The highest BCUT2D eigenvalue weighted by Crippen LogP contribution is 2.47. The molecule has 0 radical (unpaired) electrons. The molecule has 1 aromatic rings. The monoisotopic (exact) mass is 333 g/mol. The molecule has 17 heavy (non-hydrogen) atoms. The smallest absolute Gasteiger partial charge is 0.258 e. The molecule has 0 heterocycles. The van der Waals surface area contributed by atoms with E-state index in [4.69, 9.17) is 62.7 Å². The summed E-state index contributed by atoms with van der Waals surface area (Å²) in [6.45, 7) is 0. The largest absolute Gasteiger partial charge is 0.481 e. The Hall–Kier alpha value is 0.140. The Morgan fingerprint density at radius 2 is 1.59 bits per heavy atom. The fourth-order valence-electron chi connectivity index (χ4n) is 1.000. The van der Waals surface area contributed by atoms with Gasteiger partial charge in [-0.15, -0.1) is 0 Å². The van der Waals surface area contributed by atoms with Crippen LogP contribution in [-0.2, 0) is 4.74 Å². The molecule has 0 saturated heterocycles. The first-order valence-corrected chi connectivity index (χ1v) is 6.31. The van der Waals surface area contributed by atoms with Crippen molar-refractivity contribution in [3.63, 3.8) is 0 Å². The summed E-state index contributed by atoms with van der Waals surface area (Å²) in [5.74, 6) is 0.182. The molecule has 0 aromatic heterocycles. The minimum atomic E-state index is -1.96. The Morgan fingerprint density at radius 3 is 2.00 bits per heavy atom. The normalized spacial score (nSPS) is 13.6. The maximum atomic E-state index is 5.84. The van der Waals surface area contributed by atoms with Crippen molar-refractivity contribution in [2.75, 3.05) is 7.11 Å². The molecular formula is C10H8Cl5NO. The van der Waals surface area contributed by atoms with Gasteiger partial charge in [0, 0.05) is 5.56 Å². The highest BCUT2D eigenvalue weighted by Gasteiger charge is 2.46. The Bertz CT molecular complexity index is 399. The van der Waals surface area contributed by atoms with Crippen LogP contribution in [0.25, 0.3) is 0 Å². The van der Waals surface area contributed by atoms with Gasteiger partial charge in [0.2, 0.25) is 9.69 Å². The van der Waals surface area contributed by atoms with E-state index in [1.165, 1.54) is 7.11 Å². The number of nitrogens with zero attached hydrogens (tertiary/aromatic N) is 1. The predicted molar refractivity (Wildman–Crippen MR) is 74.7 cm³/mol. The third-order valence-electron chi connectivity index (χ3n) is 1.80. The van der Waals surface area contributed by atoms with Crippen LogP contribution in [0.5, 0.6) is 0 Å². The van der Waals surface area contributed by atoms with Crippen molar-refractivity contribution in [2.45, 2.75) is 8.25 Å². The highest BCUT2D eigenvalue weighted by atomic mass is 35.6. The Balaban J connectivity index is 3.12. The Kier molecular flexibility index (Phi) is 5.23. The van der Waals surface area contributed by atoms with Crippen molar-refractivity contribution in [1.29, 1.82) is 0 Å². The number of ether oxygens (including phenoxy) is 1. The van der Waals surface area contributed by atoms with Crippen LogP contribution < -0.4 is 0 Å². The van der Waals surface area contributed by atoms with Crippen molar-refractivity contribution < 1.29 is 4.74 Å². The SMILES string of the molecule is COC(=NC(Cl)(Cl)C(Cl)(Cl)Cl)c1ccccc1. The van der Waals surface area contributed by atoms with Crippen molar-refractivity contribution in [2.24, 2.45) is 4.99 Å². The average Bonchev–Trinajstić information content (AvgIpc) is 2.25. The maximum Gasteiger partial charge on any atom is 0.258 e. The quantitative estimate of drug-likeness (QED) is 0.335. The van der Waals surface area contributed by atoms with Gasteiger partial charge in [-0.05, 0) is 12.1 Å². The van der Waals surface area contributed by atoms with Gasteiger partial charge in [0.05, 0.1) is 7.11 Å². The molecule has 0 unspecified atom stereocenters. The van der Waals surface area contributed by atoms with Gasteiger partial charge >= 0.3 is 0 Å². The van der Waals surface area contributed by atoms with Crippen LogP contribution >= 0.6 is 58.0 Å². The van der Waals surface area contributed by atoms with E-state index in [9.17, 15) is 0 Å². The van der Waals surface area contributed by atoms with Gasteiger partial charge in [0.15, 0.2) is 0 Å². The third kappa shape index (κ3) is 4.08. The van der Waals surface area contributed by atoms with Gasteiger partial charge in [-0.3, -0.25) is 0 Å². The number of alkyl halides is 5. The molecule has 1 aromatic carbocycles. The average molecular weight is 335 g/mol. The number of methoxy groups -OCH3 is 1. The first kappa shape index (κ1) is 15.2. The second-order valence-corrected chi connectivity index (χ2v) is 6.59. The number of aliphatic imine (C=N–C) groups is 1. The van der Waals surface area contributed by atoms with Gasteiger partial charge in [0.25, 0.3) is 4.46 Å². The van der Waals surface area contributed by atoms with Crippen molar-refractivity contribution in [3.8, 4) is 0 Å². The summed E-state index contributed by atoms with van der Waals surface area (Å²) in [5.41, 5.74) is 0.676. The molecule has 0 fully saturated rings. The topological polar surface area (TPSA) is 21.6 Å². The molecule has 0 saturated carbocycles. The van der Waals surface area contributed by atoms with E-state index >= 15 is 0 Å². The minimum absolute atomic E-state index is 0.182. The summed E-state index contributed by atoms with van der Waals surface area (Å²) in [7, 11) is 1.42. The predicted octanol–water partition coefficient (Wildman–Crippen LogP) is 4.58. The highest BCUT2D eigenvalue weighted by molar-refractivity contribution is 6.75. The number of halogens is 5. The van der Waals surface area contributed by atoms with Crippen LogP contribution in [0.4, 0.5) is 0 Å². The number of rotatable bonds is 2. The van der Waals surface area contributed by atoms with E-state index < -0.39 is 8.25 Å². The van der Waals surface area contributed by atoms with Gasteiger partial charge in [0.1, 0.15) is 0 Å². The van der Waals surface area contributed by atoms with E-state index in [0.29, 0.717) is 5.56 Å². The molecule has 1 rings (SSSR count). The van der Waals surface area contributed by atoms with Crippen LogP contribution in [0.2, 0.25) is 0 Å². The van der Waals surface area contributed by atoms with E-state index in [1.807, 2.05) is 18.2 Å². The molecule has 0 aliphatic rings. The lowest BCUT2D eigenvalue weighted by Crippen LogP contribution is -2.30. The fourth-order valence-corrected chi connectivity index (χ4v) is 1.28. The summed E-state index contributed by atoms with van der Waals surface area (Å²) in [5, 5.41) is 0. The second-order valence-electron chi connectivity index (χ2n) is 3.03. The lowest BCUT2D eigenvalue weighted by Gasteiger charge is -2.23. The summed E-state index contributed by atoms with van der Waals surface area (Å²) >= 11 is 28.5. The van der Waals surface area contributed by atoms with E-state index in [1.54, 1.807) is 12.1 Å². The van der Waals surface area contributed by atoms with Crippen LogP contribution in [0.3, 0.4) is 0 Å². The third-order valence-corrected chi connectivity index (χ3v) is 3.93. The van der Waals surface area contributed by atoms with E-state index in [0.717, 1.165) is 0 Å². The number of hydrogen-bond donors (Lipinski definition) is 0. The van der Waals surface area contributed by atoms with Gasteiger partial charge in [-0.2, -0.15) is 0 Å². The summed E-state index contributed by atoms with van der Waals surface area (Å²) in [6, 6.07) is 9.00. The fraction of sp³-hybridized carbons (Fsp3) is 0.300. The van der Waals surface area contributed by atoms with E-state index in [-0.39, 0.29) is 5.90 Å². The molecule has 0 N–H and O–H groups in total. The summed E-state index contributed by atoms with van der Waals surface area (Å²) in [4.78, 5) is 3.90. The maximum absolute atomic E-state index is 5.84. The summed E-state index contributed by atoms with van der Waals surface area (Å²) in [6.07, 6.45) is 0. The molecule has 7 heteroatoms. The molecular weight excluding hydrogens is 327 g/mol. The molecule has 94 valence electrons. The van der Waals surface area contributed by atoms with Gasteiger partial charge in [-0.1, -0.05) is 76.2 Å². The Labute approximate surface area is 124 Å². The zero-order chi connectivity index (χ0) is 13.1. The molecule has 0 bridgehead atoms. The van der Waals surface area contributed by atoms with Crippen molar-refractivity contribution in [3.05, 3.63) is 35.9 Å². The summed E-state index contributed by atoms with van der Waals surface area (Å²) < 4.78 is 1.18. The van der Waals surface area contributed by atoms with Crippen LogP contribution in [0.15, 0.2) is 35.3 Å². The van der Waals surface area contributed by atoms with Crippen molar-refractivity contribution in [1.82, 2.24) is 0 Å². The van der Waals surface area contributed by atoms with Crippen molar-refractivity contribution >= 4 is 63.9 Å². The van der Waals surface area contributed by atoms with Crippen LogP contribution in [0.1, 0.15) is 5.56 Å². The zero-order valence-electron chi connectivity index (χ0n) is 8.63.